The molecule has 4 heterocycles. The van der Waals surface area contributed by atoms with Crippen LogP contribution in [0, 0.1) is 19.1 Å². The maximum absolute atomic E-state index is 13.4. The predicted molar refractivity (Wildman–Crippen MR) is 131 cm³/mol. The van der Waals surface area contributed by atoms with Crippen molar-refractivity contribution in [2.75, 3.05) is 30.5 Å². The van der Waals surface area contributed by atoms with Gasteiger partial charge in [0.25, 0.3) is 5.91 Å². The molecule has 0 fully saturated rings. The molecule has 1 aliphatic heterocycles. The molecule has 34 heavy (non-hydrogen) atoms. The molecule has 0 spiro atoms. The highest BCUT2D eigenvalue weighted by atomic mass is 16.5. The van der Waals surface area contributed by atoms with Crippen molar-refractivity contribution in [1.29, 1.82) is 0 Å². The Kier molecular flexibility index (Phi) is 5.28. The van der Waals surface area contributed by atoms with Gasteiger partial charge in [-0.3, -0.25) is 4.79 Å². The van der Waals surface area contributed by atoms with Crippen LogP contribution in [0.1, 0.15) is 27.2 Å². The average molecular weight is 456 g/mol. The van der Waals surface area contributed by atoms with Crippen molar-refractivity contribution in [2.45, 2.75) is 20.3 Å². The quantitative estimate of drug-likeness (QED) is 0.343. The number of ether oxygens (including phenoxy) is 1. The second kappa shape index (κ2) is 8.30. The van der Waals surface area contributed by atoms with Crippen LogP contribution in [-0.4, -0.2) is 36.6 Å². The molecule has 0 aliphatic carbocycles. The number of nitrogens with zero attached hydrogens (tertiary/aromatic N) is 5. The Balaban J connectivity index is 1.41. The molecule has 172 valence electrons. The summed E-state index contributed by atoms with van der Waals surface area (Å²) in [6, 6.07) is 12.9. The van der Waals surface area contributed by atoms with Crippen molar-refractivity contribution in [1.82, 2.24) is 9.97 Å². The number of carbonyl (C=O) groups excluding carboxylic acids is 1. The van der Waals surface area contributed by atoms with E-state index >= 15 is 0 Å². The lowest BCUT2D eigenvalue weighted by Crippen LogP contribution is -2.26. The molecule has 3 aromatic heterocycles. The largest absolute Gasteiger partial charge is 0.618 e. The summed E-state index contributed by atoms with van der Waals surface area (Å²) in [7, 11) is 3.65. The summed E-state index contributed by atoms with van der Waals surface area (Å²) >= 11 is 0. The lowest BCUT2D eigenvalue weighted by atomic mass is 10.1. The van der Waals surface area contributed by atoms with Crippen LogP contribution in [0.3, 0.4) is 0 Å². The Morgan fingerprint density at radius 1 is 1.06 bits per heavy atom. The Bertz CT molecular complexity index is 1440. The van der Waals surface area contributed by atoms with Gasteiger partial charge in [0, 0.05) is 44.5 Å². The van der Waals surface area contributed by atoms with Gasteiger partial charge in [0.05, 0.1) is 23.2 Å². The van der Waals surface area contributed by atoms with Crippen LogP contribution in [0.25, 0.3) is 10.9 Å². The molecule has 0 saturated heterocycles. The van der Waals surface area contributed by atoms with Crippen molar-refractivity contribution in [3.63, 3.8) is 0 Å². The Labute approximate surface area is 197 Å². The van der Waals surface area contributed by atoms with Gasteiger partial charge in [-0.15, -0.1) is 0 Å². The molecule has 8 nitrogen and oxygen atoms in total. The number of carbonyl (C=O) groups is 1. The van der Waals surface area contributed by atoms with Gasteiger partial charge >= 0.3 is 0 Å². The van der Waals surface area contributed by atoms with E-state index in [2.05, 4.69) is 9.97 Å². The van der Waals surface area contributed by atoms with E-state index in [1.165, 1.54) is 6.20 Å². The van der Waals surface area contributed by atoms with Crippen LogP contribution in [-0.2, 0) is 6.42 Å². The summed E-state index contributed by atoms with van der Waals surface area (Å²) in [5.74, 6) is 1.81. The van der Waals surface area contributed by atoms with Crippen LogP contribution >= 0.6 is 0 Å². The first kappa shape index (κ1) is 21.6. The van der Waals surface area contributed by atoms with Crippen LogP contribution in [0.4, 0.5) is 17.3 Å². The summed E-state index contributed by atoms with van der Waals surface area (Å²) in [6.07, 6.45) is 3.78. The first-order valence-electron chi connectivity index (χ1n) is 11.1. The molecular weight excluding hydrogens is 430 g/mol. The van der Waals surface area contributed by atoms with E-state index in [4.69, 9.17) is 4.74 Å². The van der Waals surface area contributed by atoms with E-state index < -0.39 is 0 Å². The number of para-hydroxylation sites is 1. The van der Waals surface area contributed by atoms with E-state index in [9.17, 15) is 10.0 Å². The van der Waals surface area contributed by atoms with Gasteiger partial charge in [-0.2, -0.15) is 4.73 Å². The third-order valence-corrected chi connectivity index (χ3v) is 6.14. The average Bonchev–Trinajstić information content (AvgIpc) is 2.90. The monoisotopic (exact) mass is 455 g/mol. The molecule has 0 saturated carbocycles. The maximum Gasteiger partial charge on any atom is 0.261 e. The fourth-order valence-corrected chi connectivity index (χ4v) is 4.49. The van der Waals surface area contributed by atoms with E-state index in [0.29, 0.717) is 41.5 Å². The molecule has 0 radical (unpaired) electrons. The minimum Gasteiger partial charge on any atom is -0.618 e. The Hall–Kier alpha value is -4.20. The van der Waals surface area contributed by atoms with Crippen molar-refractivity contribution in [2.24, 2.45) is 0 Å². The van der Waals surface area contributed by atoms with Gasteiger partial charge in [0.2, 0.25) is 5.52 Å². The summed E-state index contributed by atoms with van der Waals surface area (Å²) in [5, 5.41) is 12.8. The fourth-order valence-electron chi connectivity index (χ4n) is 4.49. The van der Waals surface area contributed by atoms with Crippen molar-refractivity contribution in [3.8, 4) is 5.75 Å². The van der Waals surface area contributed by atoms with Gasteiger partial charge < -0.3 is 19.7 Å². The van der Waals surface area contributed by atoms with Gasteiger partial charge in [0.15, 0.2) is 12.0 Å². The second-order valence-corrected chi connectivity index (χ2v) is 8.51. The van der Waals surface area contributed by atoms with E-state index in [1.54, 1.807) is 30.3 Å². The van der Waals surface area contributed by atoms with Crippen LogP contribution < -0.4 is 19.3 Å². The van der Waals surface area contributed by atoms with Crippen molar-refractivity contribution in [3.05, 3.63) is 82.4 Å². The molecule has 8 heteroatoms. The Morgan fingerprint density at radius 2 is 1.85 bits per heavy atom. The van der Waals surface area contributed by atoms with E-state index in [1.807, 2.05) is 56.1 Å². The number of aryl methyl sites for hydroxylation is 2. The normalized spacial score (nSPS) is 13.0. The predicted octanol–water partition coefficient (Wildman–Crippen LogP) is 3.86. The number of fused-ring (bicyclic) bond motifs is 3. The molecule has 0 N–H and O–H groups in total. The molecule has 1 amide bonds. The Morgan fingerprint density at radius 3 is 2.68 bits per heavy atom. The molecule has 5 rings (SSSR count). The number of amides is 1. The number of benzene rings is 1. The maximum atomic E-state index is 13.4. The minimum atomic E-state index is -0.126. The standard InChI is InChI=1S/C26H25N5O3/c1-16-13-17(2)28-25-23(16)29(3)26(32)20-14-18(15-27-24(20)30(25)4)10-12-34-22-9-11-31(33)21-8-6-5-7-19(21)22/h5-9,11,13-15H,10,12H2,1-4H3. The van der Waals surface area contributed by atoms with Crippen LogP contribution in [0.5, 0.6) is 5.75 Å². The van der Waals surface area contributed by atoms with Gasteiger partial charge in [-0.25, -0.2) is 9.97 Å². The zero-order chi connectivity index (χ0) is 24.0. The first-order valence-corrected chi connectivity index (χ1v) is 11.1. The highest BCUT2D eigenvalue weighted by Crippen LogP contribution is 2.39. The number of hydrogen-bond donors (Lipinski definition) is 0. The third-order valence-electron chi connectivity index (χ3n) is 6.14. The summed E-state index contributed by atoms with van der Waals surface area (Å²) in [5.41, 5.74) is 4.63. The number of anilines is 3. The van der Waals surface area contributed by atoms with E-state index in [-0.39, 0.29) is 5.91 Å². The zero-order valence-corrected chi connectivity index (χ0v) is 19.6. The lowest BCUT2D eigenvalue weighted by molar-refractivity contribution is -0.577. The molecule has 0 bridgehead atoms. The number of hydrogen-bond acceptors (Lipinski definition) is 6. The molecule has 0 unspecified atom stereocenters. The number of pyridine rings is 3. The minimum absolute atomic E-state index is 0.126. The van der Waals surface area contributed by atoms with Gasteiger partial charge in [-0.05, 0) is 43.2 Å². The summed E-state index contributed by atoms with van der Waals surface area (Å²) in [6.45, 7) is 4.31. The van der Waals surface area contributed by atoms with Crippen LogP contribution in [0.2, 0.25) is 0 Å². The number of aromatic nitrogens is 3. The molecule has 4 aromatic rings. The molecule has 1 aliphatic rings. The summed E-state index contributed by atoms with van der Waals surface area (Å²) in [4.78, 5) is 26.2. The fraction of sp³-hybridized carbons (Fsp3) is 0.231. The smallest absolute Gasteiger partial charge is 0.261 e. The van der Waals surface area contributed by atoms with Crippen molar-refractivity contribution >= 4 is 34.1 Å². The highest BCUT2D eigenvalue weighted by molar-refractivity contribution is 6.13. The van der Waals surface area contributed by atoms with Crippen LogP contribution in [0.15, 0.2) is 54.9 Å². The second-order valence-electron chi connectivity index (χ2n) is 8.51. The SMILES string of the molecule is Cc1cc(C)c2c(n1)N(C)c1ncc(CCOc3cc[n+]([O-])c4ccccc34)cc1C(=O)N2C. The van der Waals surface area contributed by atoms with Gasteiger partial charge in [0.1, 0.15) is 11.6 Å². The third kappa shape index (κ3) is 3.57. The lowest BCUT2D eigenvalue weighted by Gasteiger charge is -2.22. The number of rotatable bonds is 4. The first-order chi connectivity index (χ1) is 16.3. The van der Waals surface area contributed by atoms with E-state index in [0.717, 1.165) is 32.6 Å². The highest BCUT2D eigenvalue weighted by Gasteiger charge is 2.31. The van der Waals surface area contributed by atoms with Crippen molar-refractivity contribution < 1.29 is 14.3 Å². The molecule has 0 atom stereocenters. The molecule has 1 aromatic carbocycles. The topological polar surface area (TPSA) is 85.5 Å². The zero-order valence-electron chi connectivity index (χ0n) is 19.6. The summed E-state index contributed by atoms with van der Waals surface area (Å²) < 4.78 is 6.83. The van der Waals surface area contributed by atoms with Gasteiger partial charge in [-0.1, -0.05) is 12.1 Å². The molecular formula is C26H25N5O3.